The first-order valence-electron chi connectivity index (χ1n) is 3.87. The van der Waals surface area contributed by atoms with Crippen molar-refractivity contribution in [3.63, 3.8) is 0 Å². The SMILES string of the molecule is CNC(=O)Nc1cncc(C(N)=O)c1. The number of nitrogens with two attached hydrogens (primary N) is 1. The van der Waals surface area contributed by atoms with E-state index in [9.17, 15) is 9.59 Å². The third-order valence-corrected chi connectivity index (χ3v) is 1.51. The number of nitrogens with zero attached hydrogens (tertiary/aromatic N) is 1. The van der Waals surface area contributed by atoms with Crippen molar-refractivity contribution in [2.45, 2.75) is 0 Å². The highest BCUT2D eigenvalue weighted by Crippen LogP contribution is 2.07. The van der Waals surface area contributed by atoms with Crippen molar-refractivity contribution in [2.75, 3.05) is 12.4 Å². The molecule has 1 heterocycles. The zero-order valence-electron chi connectivity index (χ0n) is 7.57. The molecule has 0 saturated carbocycles. The molecule has 6 nitrogen and oxygen atoms in total. The van der Waals surface area contributed by atoms with Gasteiger partial charge in [-0.05, 0) is 6.07 Å². The van der Waals surface area contributed by atoms with E-state index in [2.05, 4.69) is 15.6 Å². The molecule has 0 unspecified atom stereocenters. The molecule has 0 atom stereocenters. The highest BCUT2D eigenvalue weighted by Gasteiger charge is 2.03. The number of carbonyl (C=O) groups excluding carboxylic acids is 2. The van der Waals surface area contributed by atoms with Gasteiger partial charge in [0.05, 0.1) is 17.4 Å². The lowest BCUT2D eigenvalue weighted by Crippen LogP contribution is -2.24. The number of anilines is 1. The Morgan fingerprint density at radius 3 is 2.71 bits per heavy atom. The summed E-state index contributed by atoms with van der Waals surface area (Å²) in [5.74, 6) is -0.585. The van der Waals surface area contributed by atoms with Gasteiger partial charge in [0.2, 0.25) is 5.91 Å². The molecule has 1 aromatic heterocycles. The monoisotopic (exact) mass is 194 g/mol. The summed E-state index contributed by atoms with van der Waals surface area (Å²) in [7, 11) is 1.49. The minimum absolute atomic E-state index is 0.249. The Hall–Kier alpha value is -2.11. The Balaban J connectivity index is 2.83. The standard InChI is InChI=1S/C8H10N4O2/c1-10-8(14)12-6-2-5(7(9)13)3-11-4-6/h2-4H,1H3,(H2,9,13)(H2,10,12,14). The minimum Gasteiger partial charge on any atom is -0.366 e. The van der Waals surface area contributed by atoms with Crippen LogP contribution in [0, 0.1) is 0 Å². The fourth-order valence-corrected chi connectivity index (χ4v) is 0.837. The fourth-order valence-electron chi connectivity index (χ4n) is 0.837. The first-order chi connectivity index (χ1) is 6.63. The Labute approximate surface area is 80.5 Å². The van der Waals surface area contributed by atoms with Crippen LogP contribution in [0.3, 0.4) is 0 Å². The van der Waals surface area contributed by atoms with Gasteiger partial charge >= 0.3 is 6.03 Å². The molecule has 0 spiro atoms. The molecule has 4 N–H and O–H groups in total. The van der Waals surface area contributed by atoms with Crippen LogP contribution in [0.25, 0.3) is 0 Å². The number of pyridine rings is 1. The van der Waals surface area contributed by atoms with E-state index in [4.69, 9.17) is 5.73 Å². The number of hydrogen-bond donors (Lipinski definition) is 3. The molecule has 1 aromatic rings. The molecule has 0 aliphatic heterocycles. The van der Waals surface area contributed by atoms with E-state index in [0.717, 1.165) is 0 Å². The average molecular weight is 194 g/mol. The van der Waals surface area contributed by atoms with Gasteiger partial charge in [-0.3, -0.25) is 9.78 Å². The van der Waals surface area contributed by atoms with Crippen LogP contribution in [0.2, 0.25) is 0 Å². The molecule has 74 valence electrons. The highest BCUT2D eigenvalue weighted by atomic mass is 16.2. The lowest BCUT2D eigenvalue weighted by Gasteiger charge is -2.03. The number of hydrogen-bond acceptors (Lipinski definition) is 3. The van der Waals surface area contributed by atoms with Gasteiger partial charge in [0.15, 0.2) is 0 Å². The first kappa shape index (κ1) is 9.97. The van der Waals surface area contributed by atoms with Crippen LogP contribution in [0.1, 0.15) is 10.4 Å². The fraction of sp³-hybridized carbons (Fsp3) is 0.125. The first-order valence-corrected chi connectivity index (χ1v) is 3.87. The van der Waals surface area contributed by atoms with Crippen molar-refractivity contribution < 1.29 is 9.59 Å². The maximum atomic E-state index is 10.9. The molecule has 0 aliphatic carbocycles. The van der Waals surface area contributed by atoms with Crippen molar-refractivity contribution >= 4 is 17.6 Å². The maximum Gasteiger partial charge on any atom is 0.319 e. The van der Waals surface area contributed by atoms with Gasteiger partial charge in [0, 0.05) is 13.2 Å². The van der Waals surface area contributed by atoms with Gasteiger partial charge < -0.3 is 16.4 Å². The van der Waals surface area contributed by atoms with Gasteiger partial charge in [-0.25, -0.2) is 4.79 Å². The quantitative estimate of drug-likeness (QED) is 0.614. The summed E-state index contributed by atoms with van der Waals surface area (Å²) in [5.41, 5.74) is 5.70. The molecule has 1 rings (SSSR count). The van der Waals surface area contributed by atoms with Gasteiger partial charge in [-0.2, -0.15) is 0 Å². The summed E-state index contributed by atoms with van der Waals surface area (Å²) >= 11 is 0. The van der Waals surface area contributed by atoms with Gasteiger partial charge in [-0.15, -0.1) is 0 Å². The lowest BCUT2D eigenvalue weighted by atomic mass is 10.2. The van der Waals surface area contributed by atoms with Gasteiger partial charge in [-0.1, -0.05) is 0 Å². The molecule has 6 heteroatoms. The van der Waals surface area contributed by atoms with E-state index in [1.165, 1.54) is 25.5 Å². The largest absolute Gasteiger partial charge is 0.366 e. The van der Waals surface area contributed by atoms with Crippen LogP contribution in [0.4, 0.5) is 10.5 Å². The average Bonchev–Trinajstić information content (AvgIpc) is 2.18. The number of nitrogens with one attached hydrogen (secondary N) is 2. The number of primary amides is 1. The number of urea groups is 1. The zero-order valence-corrected chi connectivity index (χ0v) is 7.57. The maximum absolute atomic E-state index is 10.9. The smallest absolute Gasteiger partial charge is 0.319 e. The van der Waals surface area contributed by atoms with Crippen LogP contribution < -0.4 is 16.4 Å². The van der Waals surface area contributed by atoms with E-state index in [0.29, 0.717) is 5.69 Å². The Morgan fingerprint density at radius 1 is 1.43 bits per heavy atom. The second-order valence-corrected chi connectivity index (χ2v) is 2.53. The van der Waals surface area contributed by atoms with Crippen LogP contribution in [0.5, 0.6) is 0 Å². The van der Waals surface area contributed by atoms with E-state index in [1.807, 2.05) is 0 Å². The Morgan fingerprint density at radius 2 is 2.14 bits per heavy atom. The number of carbonyl (C=O) groups is 2. The molecule has 3 amide bonds. The van der Waals surface area contributed by atoms with Gasteiger partial charge in [0.25, 0.3) is 0 Å². The van der Waals surface area contributed by atoms with E-state index < -0.39 is 5.91 Å². The zero-order chi connectivity index (χ0) is 10.6. The van der Waals surface area contributed by atoms with Gasteiger partial charge in [0.1, 0.15) is 0 Å². The summed E-state index contributed by atoms with van der Waals surface area (Å²) < 4.78 is 0. The van der Waals surface area contributed by atoms with Crippen molar-refractivity contribution in [1.29, 1.82) is 0 Å². The van der Waals surface area contributed by atoms with E-state index in [-0.39, 0.29) is 11.6 Å². The second-order valence-electron chi connectivity index (χ2n) is 2.53. The lowest BCUT2D eigenvalue weighted by molar-refractivity contribution is 0.1000. The van der Waals surface area contributed by atoms with Crippen molar-refractivity contribution in [1.82, 2.24) is 10.3 Å². The summed E-state index contributed by atoms with van der Waals surface area (Å²) in [4.78, 5) is 25.4. The Bertz CT molecular complexity index is 364. The molecule has 0 bridgehead atoms. The van der Waals surface area contributed by atoms with Crippen LogP contribution in [0.15, 0.2) is 18.5 Å². The predicted molar refractivity (Wildman–Crippen MR) is 50.8 cm³/mol. The molecule has 0 radical (unpaired) electrons. The normalized spacial score (nSPS) is 9.21. The van der Waals surface area contributed by atoms with Crippen molar-refractivity contribution in [3.8, 4) is 0 Å². The number of amides is 3. The third-order valence-electron chi connectivity index (χ3n) is 1.51. The van der Waals surface area contributed by atoms with Crippen molar-refractivity contribution in [2.24, 2.45) is 5.73 Å². The summed E-state index contributed by atoms with van der Waals surface area (Å²) in [6.07, 6.45) is 2.75. The molecule has 14 heavy (non-hydrogen) atoms. The summed E-state index contributed by atoms with van der Waals surface area (Å²) in [6, 6.07) is 1.07. The number of rotatable bonds is 2. The van der Waals surface area contributed by atoms with Crippen molar-refractivity contribution in [3.05, 3.63) is 24.0 Å². The topological polar surface area (TPSA) is 97.1 Å². The molecule has 0 saturated heterocycles. The summed E-state index contributed by atoms with van der Waals surface area (Å²) in [5, 5.41) is 4.83. The second kappa shape index (κ2) is 4.22. The van der Waals surface area contributed by atoms with Crippen LogP contribution >= 0.6 is 0 Å². The Kier molecular flexibility index (Phi) is 3.01. The molecule has 0 fully saturated rings. The molecular weight excluding hydrogens is 184 g/mol. The predicted octanol–water partition coefficient (Wildman–Crippen LogP) is -0.0682. The van der Waals surface area contributed by atoms with Crippen LogP contribution in [-0.4, -0.2) is 24.0 Å². The third kappa shape index (κ3) is 2.44. The molecular formula is C8H10N4O2. The van der Waals surface area contributed by atoms with E-state index in [1.54, 1.807) is 0 Å². The van der Waals surface area contributed by atoms with Crippen LogP contribution in [-0.2, 0) is 0 Å². The minimum atomic E-state index is -0.585. The number of aromatic nitrogens is 1. The van der Waals surface area contributed by atoms with E-state index >= 15 is 0 Å². The highest BCUT2D eigenvalue weighted by molar-refractivity contribution is 5.95. The summed E-state index contributed by atoms with van der Waals surface area (Å²) in [6.45, 7) is 0. The molecule has 0 aromatic carbocycles. The molecule has 0 aliphatic rings.